The number of nitrogens with zero attached hydrogens (tertiary/aromatic N) is 1. The van der Waals surface area contributed by atoms with Gasteiger partial charge >= 0.3 is 0 Å². The van der Waals surface area contributed by atoms with Crippen molar-refractivity contribution in [1.29, 1.82) is 0 Å². The topological polar surface area (TPSA) is 49.4 Å². The molecule has 30 heavy (non-hydrogen) atoms. The third kappa shape index (κ3) is 7.06. The van der Waals surface area contributed by atoms with Crippen molar-refractivity contribution in [2.45, 2.75) is 52.0 Å². The molecule has 0 heterocycles. The molecule has 2 rings (SSSR count). The van der Waals surface area contributed by atoms with Gasteiger partial charge in [-0.25, -0.2) is 0 Å². The zero-order valence-electron chi connectivity index (χ0n) is 18.0. The van der Waals surface area contributed by atoms with Crippen LogP contribution in [0.2, 0.25) is 5.02 Å². The van der Waals surface area contributed by atoms with Crippen LogP contribution in [0.15, 0.2) is 48.5 Å². The van der Waals surface area contributed by atoms with Gasteiger partial charge in [-0.1, -0.05) is 67.9 Å². The average Bonchev–Trinajstić information content (AvgIpc) is 2.74. The zero-order chi connectivity index (χ0) is 21.9. The number of rotatable bonds is 11. The van der Waals surface area contributed by atoms with Crippen molar-refractivity contribution in [1.82, 2.24) is 10.2 Å². The van der Waals surface area contributed by atoms with E-state index in [9.17, 15) is 9.59 Å². The van der Waals surface area contributed by atoms with Crippen LogP contribution < -0.4 is 5.32 Å². The minimum atomic E-state index is -0.514. The third-order valence-electron chi connectivity index (χ3n) is 4.98. The Balaban J connectivity index is 2.14. The van der Waals surface area contributed by atoms with Gasteiger partial charge in [0.25, 0.3) is 0 Å². The summed E-state index contributed by atoms with van der Waals surface area (Å²) in [4.78, 5) is 27.6. The normalized spacial score (nSPS) is 11.7. The summed E-state index contributed by atoms with van der Waals surface area (Å²) in [5.41, 5.74) is 3.29. The summed E-state index contributed by atoms with van der Waals surface area (Å²) < 4.78 is 0. The van der Waals surface area contributed by atoms with Gasteiger partial charge < -0.3 is 10.2 Å². The quantitative estimate of drug-likeness (QED) is 0.515. The van der Waals surface area contributed by atoms with Crippen LogP contribution in [-0.2, 0) is 21.9 Å². The summed E-state index contributed by atoms with van der Waals surface area (Å²) in [7, 11) is 0. The number of hydrogen-bond donors (Lipinski definition) is 1. The number of carbonyl (C=O) groups is 2. The molecule has 2 aromatic carbocycles. The highest BCUT2D eigenvalue weighted by molar-refractivity contribution is 7.99. The highest BCUT2D eigenvalue weighted by Crippen LogP contribution is 2.22. The second kappa shape index (κ2) is 12.7. The molecule has 1 atom stereocenters. The van der Waals surface area contributed by atoms with Crippen molar-refractivity contribution in [3.8, 4) is 0 Å². The van der Waals surface area contributed by atoms with Gasteiger partial charge in [-0.15, -0.1) is 11.8 Å². The number of benzene rings is 2. The summed E-state index contributed by atoms with van der Waals surface area (Å²) in [6.07, 6.45) is 1.40. The summed E-state index contributed by atoms with van der Waals surface area (Å²) >= 11 is 7.92. The van der Waals surface area contributed by atoms with Crippen LogP contribution in [0.5, 0.6) is 0 Å². The minimum absolute atomic E-state index is 0.0491. The van der Waals surface area contributed by atoms with E-state index in [0.717, 1.165) is 17.7 Å². The first-order valence-corrected chi connectivity index (χ1v) is 11.9. The van der Waals surface area contributed by atoms with Crippen LogP contribution in [-0.4, -0.2) is 35.1 Å². The highest BCUT2D eigenvalue weighted by atomic mass is 35.5. The predicted octanol–water partition coefficient (Wildman–Crippen LogP) is 5.22. The molecule has 1 N–H and O–H groups in total. The molecule has 0 saturated carbocycles. The first-order chi connectivity index (χ1) is 14.5. The monoisotopic (exact) mass is 446 g/mol. The molecule has 0 aliphatic heterocycles. The van der Waals surface area contributed by atoms with E-state index in [0.29, 0.717) is 30.3 Å². The maximum absolute atomic E-state index is 13.2. The molecular weight excluding hydrogens is 416 g/mol. The number of halogens is 1. The second-order valence-corrected chi connectivity index (χ2v) is 8.64. The standard InChI is InChI=1S/C24H31ClN2O2S/c1-4-14-26-24(29)22(5-2)27(15-19-11-8-9-13-21(19)25)23(28)17-30-16-20-12-7-6-10-18(20)3/h6-13,22H,4-5,14-17H2,1-3H3,(H,26,29)/t22-/m1/s1. The maximum atomic E-state index is 13.2. The van der Waals surface area contributed by atoms with Crippen LogP contribution in [0.25, 0.3) is 0 Å². The van der Waals surface area contributed by atoms with Gasteiger partial charge in [0, 0.05) is 23.9 Å². The first-order valence-electron chi connectivity index (χ1n) is 10.4. The molecule has 0 aromatic heterocycles. The minimum Gasteiger partial charge on any atom is -0.354 e. The second-order valence-electron chi connectivity index (χ2n) is 7.25. The molecule has 0 aliphatic rings. The Morgan fingerprint density at radius 1 is 1.07 bits per heavy atom. The Morgan fingerprint density at radius 3 is 2.37 bits per heavy atom. The van der Waals surface area contributed by atoms with Gasteiger partial charge in [-0.2, -0.15) is 0 Å². The number of thioether (sulfide) groups is 1. The van der Waals surface area contributed by atoms with Crippen LogP contribution in [0.4, 0.5) is 0 Å². The van der Waals surface area contributed by atoms with Gasteiger partial charge in [0.05, 0.1) is 5.75 Å². The van der Waals surface area contributed by atoms with E-state index < -0.39 is 6.04 Å². The number of aryl methyl sites for hydroxylation is 1. The van der Waals surface area contributed by atoms with E-state index in [2.05, 4.69) is 24.4 Å². The molecule has 2 aromatic rings. The van der Waals surface area contributed by atoms with E-state index >= 15 is 0 Å². The Morgan fingerprint density at radius 2 is 1.73 bits per heavy atom. The van der Waals surface area contributed by atoms with E-state index in [-0.39, 0.29) is 11.8 Å². The smallest absolute Gasteiger partial charge is 0.242 e. The molecule has 2 amide bonds. The Kier molecular flexibility index (Phi) is 10.2. The fraction of sp³-hybridized carbons (Fsp3) is 0.417. The lowest BCUT2D eigenvalue weighted by molar-refractivity contribution is -0.139. The Labute approximate surface area is 189 Å². The maximum Gasteiger partial charge on any atom is 0.242 e. The molecule has 0 unspecified atom stereocenters. The lowest BCUT2D eigenvalue weighted by Crippen LogP contribution is -2.49. The van der Waals surface area contributed by atoms with Crippen LogP contribution in [0.3, 0.4) is 0 Å². The first kappa shape index (κ1) is 24.3. The summed E-state index contributed by atoms with van der Waals surface area (Å²) in [5.74, 6) is 0.920. The van der Waals surface area contributed by atoms with E-state index in [1.807, 2.05) is 50.2 Å². The van der Waals surface area contributed by atoms with Gasteiger partial charge in [0.2, 0.25) is 11.8 Å². The molecule has 0 saturated heterocycles. The van der Waals surface area contributed by atoms with Crippen molar-refractivity contribution < 1.29 is 9.59 Å². The number of nitrogens with one attached hydrogen (secondary N) is 1. The molecule has 0 fully saturated rings. The van der Waals surface area contributed by atoms with Gasteiger partial charge in [-0.3, -0.25) is 9.59 Å². The Bertz CT molecular complexity index is 843. The zero-order valence-corrected chi connectivity index (χ0v) is 19.6. The SMILES string of the molecule is CCCNC(=O)[C@@H](CC)N(Cc1ccccc1Cl)C(=O)CSCc1ccccc1C. The van der Waals surface area contributed by atoms with E-state index in [1.165, 1.54) is 11.1 Å². The summed E-state index contributed by atoms with van der Waals surface area (Å²) in [6, 6.07) is 15.1. The van der Waals surface area contributed by atoms with Crippen molar-refractivity contribution in [2.24, 2.45) is 0 Å². The molecule has 0 spiro atoms. The van der Waals surface area contributed by atoms with Crippen LogP contribution >= 0.6 is 23.4 Å². The number of amides is 2. The highest BCUT2D eigenvalue weighted by Gasteiger charge is 2.28. The fourth-order valence-corrected chi connectivity index (χ4v) is 4.38. The predicted molar refractivity (Wildman–Crippen MR) is 127 cm³/mol. The van der Waals surface area contributed by atoms with Gasteiger partial charge in [0.15, 0.2) is 0 Å². The Hall–Kier alpha value is -1.98. The van der Waals surface area contributed by atoms with Crippen molar-refractivity contribution >= 4 is 35.2 Å². The molecule has 0 radical (unpaired) electrons. The lowest BCUT2D eigenvalue weighted by Gasteiger charge is -2.31. The fourth-order valence-electron chi connectivity index (χ4n) is 3.20. The number of carbonyl (C=O) groups excluding carboxylic acids is 2. The number of hydrogen-bond acceptors (Lipinski definition) is 3. The molecule has 0 bridgehead atoms. The van der Waals surface area contributed by atoms with Gasteiger partial charge in [0.1, 0.15) is 6.04 Å². The van der Waals surface area contributed by atoms with Crippen molar-refractivity contribution in [3.05, 3.63) is 70.2 Å². The average molecular weight is 447 g/mol. The molecule has 4 nitrogen and oxygen atoms in total. The van der Waals surface area contributed by atoms with E-state index in [4.69, 9.17) is 11.6 Å². The molecule has 6 heteroatoms. The molecule has 162 valence electrons. The van der Waals surface area contributed by atoms with Crippen LogP contribution in [0, 0.1) is 6.92 Å². The molecular formula is C24H31ClN2O2S. The van der Waals surface area contributed by atoms with Gasteiger partial charge in [-0.05, 0) is 42.5 Å². The summed E-state index contributed by atoms with van der Waals surface area (Å²) in [5, 5.41) is 3.54. The summed E-state index contributed by atoms with van der Waals surface area (Å²) in [6.45, 7) is 6.94. The van der Waals surface area contributed by atoms with E-state index in [1.54, 1.807) is 16.7 Å². The largest absolute Gasteiger partial charge is 0.354 e. The van der Waals surface area contributed by atoms with Crippen LogP contribution in [0.1, 0.15) is 43.4 Å². The molecule has 0 aliphatic carbocycles. The lowest BCUT2D eigenvalue weighted by atomic mass is 10.1. The van der Waals surface area contributed by atoms with Crippen molar-refractivity contribution in [2.75, 3.05) is 12.3 Å². The van der Waals surface area contributed by atoms with Crippen molar-refractivity contribution in [3.63, 3.8) is 0 Å². The third-order valence-corrected chi connectivity index (χ3v) is 6.31.